The lowest BCUT2D eigenvalue weighted by molar-refractivity contribution is -0.149. The number of hydrogen-bond donors (Lipinski definition) is 2. The predicted octanol–water partition coefficient (Wildman–Crippen LogP) is -0.608. The van der Waals surface area contributed by atoms with E-state index in [1.807, 2.05) is 0 Å². The molecule has 2 fully saturated rings. The molecule has 18 heavy (non-hydrogen) atoms. The van der Waals surface area contributed by atoms with Crippen LogP contribution in [0.15, 0.2) is 0 Å². The van der Waals surface area contributed by atoms with Crippen LogP contribution >= 0.6 is 0 Å². The largest absolute Gasteiger partial charge is 0.344 e. The molecule has 2 rings (SSSR count). The molecule has 2 aliphatic rings. The van der Waals surface area contributed by atoms with Gasteiger partial charge in [0, 0.05) is 32.5 Å². The first-order valence-electron chi connectivity index (χ1n) is 6.41. The summed E-state index contributed by atoms with van der Waals surface area (Å²) < 4.78 is 0. The van der Waals surface area contributed by atoms with Crippen molar-refractivity contribution in [3.05, 3.63) is 0 Å². The number of nitrogens with zero attached hydrogens (tertiary/aromatic N) is 1. The first-order chi connectivity index (χ1) is 8.58. The molecule has 1 unspecified atom stereocenters. The predicted molar refractivity (Wildman–Crippen MR) is 64.6 cm³/mol. The van der Waals surface area contributed by atoms with Gasteiger partial charge in [0.15, 0.2) is 0 Å². The molecule has 0 aromatic carbocycles. The number of piperidine rings is 1. The van der Waals surface area contributed by atoms with Crippen molar-refractivity contribution in [3.63, 3.8) is 0 Å². The lowest BCUT2D eigenvalue weighted by Crippen LogP contribution is -2.53. The Morgan fingerprint density at radius 3 is 2.72 bits per heavy atom. The van der Waals surface area contributed by atoms with Crippen LogP contribution in [0.25, 0.3) is 0 Å². The van der Waals surface area contributed by atoms with Crippen molar-refractivity contribution in [1.29, 1.82) is 0 Å². The Kier molecular flexibility index (Phi) is 3.96. The van der Waals surface area contributed by atoms with Crippen molar-refractivity contribution < 1.29 is 14.4 Å². The molecule has 6 heteroatoms. The van der Waals surface area contributed by atoms with Crippen molar-refractivity contribution in [2.75, 3.05) is 13.6 Å². The molecular formula is C12H19N3O3. The average molecular weight is 253 g/mol. The van der Waals surface area contributed by atoms with E-state index in [0.717, 1.165) is 4.90 Å². The normalized spacial score (nSPS) is 24.3. The lowest BCUT2D eigenvalue weighted by Gasteiger charge is -2.28. The Labute approximate surface area is 106 Å². The van der Waals surface area contributed by atoms with Gasteiger partial charge in [0.1, 0.15) is 6.04 Å². The highest BCUT2D eigenvalue weighted by Gasteiger charge is 2.32. The zero-order valence-electron chi connectivity index (χ0n) is 10.6. The number of hydrogen-bond acceptors (Lipinski definition) is 4. The highest BCUT2D eigenvalue weighted by Crippen LogP contribution is 2.18. The SMILES string of the molecule is CN1C(=O)CCC(NC(=O)CCNC2CC2)C1=O. The molecule has 1 atom stereocenters. The van der Waals surface area contributed by atoms with Crippen molar-refractivity contribution in [2.45, 2.75) is 44.2 Å². The second-order valence-electron chi connectivity index (χ2n) is 4.93. The Hall–Kier alpha value is -1.43. The highest BCUT2D eigenvalue weighted by atomic mass is 16.2. The van der Waals surface area contributed by atoms with E-state index in [4.69, 9.17) is 0 Å². The molecule has 0 aromatic rings. The summed E-state index contributed by atoms with van der Waals surface area (Å²) in [5.74, 6) is -0.625. The lowest BCUT2D eigenvalue weighted by atomic mass is 10.0. The molecular weight excluding hydrogens is 234 g/mol. The monoisotopic (exact) mass is 253 g/mol. The summed E-state index contributed by atoms with van der Waals surface area (Å²) in [5, 5.41) is 5.93. The van der Waals surface area contributed by atoms with E-state index in [1.165, 1.54) is 19.9 Å². The molecule has 1 saturated heterocycles. The standard InChI is InChI=1S/C12H19N3O3/c1-15-11(17)5-4-9(12(15)18)14-10(16)6-7-13-8-2-3-8/h8-9,13H,2-7H2,1H3,(H,14,16). The van der Waals surface area contributed by atoms with Crippen LogP contribution in [0.3, 0.4) is 0 Å². The van der Waals surface area contributed by atoms with Crippen LogP contribution < -0.4 is 10.6 Å². The zero-order valence-corrected chi connectivity index (χ0v) is 10.6. The van der Waals surface area contributed by atoms with Crippen LogP contribution in [0.2, 0.25) is 0 Å². The third-order valence-corrected chi connectivity index (χ3v) is 3.35. The van der Waals surface area contributed by atoms with E-state index < -0.39 is 6.04 Å². The van der Waals surface area contributed by atoms with E-state index >= 15 is 0 Å². The van der Waals surface area contributed by atoms with Gasteiger partial charge in [0.05, 0.1) is 0 Å². The Bertz CT molecular complexity index is 366. The van der Waals surface area contributed by atoms with Crippen LogP contribution in [0, 0.1) is 0 Å². The quantitative estimate of drug-likeness (QED) is 0.641. The molecule has 3 amide bonds. The van der Waals surface area contributed by atoms with Gasteiger partial charge in [-0.25, -0.2) is 0 Å². The average Bonchev–Trinajstić information content (AvgIpc) is 3.14. The van der Waals surface area contributed by atoms with E-state index in [2.05, 4.69) is 10.6 Å². The topological polar surface area (TPSA) is 78.5 Å². The van der Waals surface area contributed by atoms with Crippen molar-refractivity contribution in [2.24, 2.45) is 0 Å². The van der Waals surface area contributed by atoms with E-state index in [-0.39, 0.29) is 17.7 Å². The van der Waals surface area contributed by atoms with Gasteiger partial charge in [-0.3, -0.25) is 19.3 Å². The number of carbonyl (C=O) groups excluding carboxylic acids is 3. The van der Waals surface area contributed by atoms with Gasteiger partial charge in [-0.15, -0.1) is 0 Å². The number of imide groups is 1. The van der Waals surface area contributed by atoms with Gasteiger partial charge in [-0.05, 0) is 19.3 Å². The molecule has 1 aliphatic carbocycles. The maximum Gasteiger partial charge on any atom is 0.251 e. The first kappa shape index (κ1) is 13.0. The second kappa shape index (κ2) is 5.48. The van der Waals surface area contributed by atoms with Gasteiger partial charge >= 0.3 is 0 Å². The number of likely N-dealkylation sites (N-methyl/N-ethyl adjacent to an activating group) is 1. The summed E-state index contributed by atoms with van der Waals surface area (Å²) in [6.45, 7) is 0.645. The molecule has 100 valence electrons. The molecule has 1 aliphatic heterocycles. The van der Waals surface area contributed by atoms with Crippen LogP contribution in [0.1, 0.15) is 32.1 Å². The zero-order chi connectivity index (χ0) is 13.1. The van der Waals surface area contributed by atoms with Crippen LogP contribution in [-0.2, 0) is 14.4 Å². The minimum atomic E-state index is -0.541. The number of likely N-dealkylation sites (tertiary alicyclic amines) is 1. The Morgan fingerprint density at radius 2 is 2.06 bits per heavy atom. The van der Waals surface area contributed by atoms with E-state index in [0.29, 0.717) is 31.8 Å². The third-order valence-electron chi connectivity index (χ3n) is 3.35. The minimum absolute atomic E-state index is 0.135. The van der Waals surface area contributed by atoms with E-state index in [9.17, 15) is 14.4 Å². The number of carbonyl (C=O) groups is 3. The van der Waals surface area contributed by atoms with Gasteiger partial charge in [0.2, 0.25) is 11.8 Å². The van der Waals surface area contributed by atoms with Crippen molar-refractivity contribution in [1.82, 2.24) is 15.5 Å². The third kappa shape index (κ3) is 3.29. The molecule has 2 N–H and O–H groups in total. The fourth-order valence-corrected chi connectivity index (χ4v) is 1.99. The molecule has 0 bridgehead atoms. The second-order valence-corrected chi connectivity index (χ2v) is 4.93. The van der Waals surface area contributed by atoms with Crippen LogP contribution in [-0.4, -0.2) is 48.3 Å². The summed E-state index contributed by atoms with van der Waals surface area (Å²) >= 11 is 0. The first-order valence-corrected chi connectivity index (χ1v) is 6.41. The maximum atomic E-state index is 11.7. The summed E-state index contributed by atoms with van der Waals surface area (Å²) in [6.07, 6.45) is 3.47. The van der Waals surface area contributed by atoms with Gasteiger partial charge < -0.3 is 10.6 Å². The molecule has 0 aromatic heterocycles. The minimum Gasteiger partial charge on any atom is -0.344 e. The molecule has 6 nitrogen and oxygen atoms in total. The Balaban J connectivity index is 1.72. The van der Waals surface area contributed by atoms with Crippen LogP contribution in [0.5, 0.6) is 0 Å². The molecule has 1 saturated carbocycles. The number of amides is 3. The summed E-state index contributed by atoms with van der Waals surface area (Å²) in [4.78, 5) is 35.7. The summed E-state index contributed by atoms with van der Waals surface area (Å²) in [7, 11) is 1.46. The van der Waals surface area contributed by atoms with Gasteiger partial charge in [-0.1, -0.05) is 0 Å². The molecule has 0 spiro atoms. The summed E-state index contributed by atoms with van der Waals surface area (Å²) in [5.41, 5.74) is 0. The van der Waals surface area contributed by atoms with E-state index in [1.54, 1.807) is 0 Å². The molecule has 0 radical (unpaired) electrons. The highest BCUT2D eigenvalue weighted by molar-refractivity contribution is 6.01. The summed E-state index contributed by atoms with van der Waals surface area (Å²) in [6, 6.07) is 0.0407. The Morgan fingerprint density at radius 1 is 1.33 bits per heavy atom. The van der Waals surface area contributed by atoms with Crippen LogP contribution in [0.4, 0.5) is 0 Å². The number of nitrogens with one attached hydrogen (secondary N) is 2. The van der Waals surface area contributed by atoms with Crippen molar-refractivity contribution in [3.8, 4) is 0 Å². The fraction of sp³-hybridized carbons (Fsp3) is 0.750. The van der Waals surface area contributed by atoms with Crippen molar-refractivity contribution >= 4 is 17.7 Å². The van der Waals surface area contributed by atoms with Gasteiger partial charge in [0.25, 0.3) is 5.91 Å². The fourth-order valence-electron chi connectivity index (χ4n) is 1.99. The molecule has 1 heterocycles. The van der Waals surface area contributed by atoms with Gasteiger partial charge in [-0.2, -0.15) is 0 Å². The maximum absolute atomic E-state index is 11.7. The number of rotatable bonds is 5. The smallest absolute Gasteiger partial charge is 0.251 e.